The highest BCUT2D eigenvalue weighted by molar-refractivity contribution is 5.90. The van der Waals surface area contributed by atoms with E-state index in [2.05, 4.69) is 15.5 Å². The zero-order valence-corrected chi connectivity index (χ0v) is 11.3. The van der Waals surface area contributed by atoms with E-state index in [9.17, 15) is 4.79 Å². The van der Waals surface area contributed by atoms with Gasteiger partial charge in [0.05, 0.1) is 0 Å². The van der Waals surface area contributed by atoms with Crippen molar-refractivity contribution < 1.29 is 9.32 Å². The maximum atomic E-state index is 12.1. The smallest absolute Gasteiger partial charge is 0.295 e. The molecule has 1 aromatic rings. The minimum absolute atomic E-state index is 0.113. The summed E-state index contributed by atoms with van der Waals surface area (Å²) in [6, 6.07) is 0.552. The quantitative estimate of drug-likeness (QED) is 0.877. The lowest BCUT2D eigenvalue weighted by Crippen LogP contribution is -2.45. The maximum absolute atomic E-state index is 12.1. The monoisotopic (exact) mass is 264 g/mol. The third-order valence-electron chi connectivity index (χ3n) is 3.89. The lowest BCUT2D eigenvalue weighted by Gasteiger charge is -2.31. The Balaban J connectivity index is 1.47. The molecule has 104 valence electrons. The van der Waals surface area contributed by atoms with Crippen LogP contribution in [-0.2, 0) is 0 Å². The molecule has 2 heterocycles. The Kier molecular flexibility index (Phi) is 3.50. The predicted octanol–water partition coefficient (Wildman–Crippen LogP) is 0.982. The number of nitrogens with zero attached hydrogens (tertiary/aromatic N) is 3. The van der Waals surface area contributed by atoms with Crippen LogP contribution in [0.2, 0.25) is 0 Å². The van der Waals surface area contributed by atoms with E-state index in [1.165, 1.54) is 12.8 Å². The van der Waals surface area contributed by atoms with Gasteiger partial charge in [0.2, 0.25) is 5.89 Å². The Morgan fingerprint density at radius 2 is 2.11 bits per heavy atom. The molecular formula is C13H20N4O2. The van der Waals surface area contributed by atoms with Crippen molar-refractivity contribution in [3.8, 4) is 0 Å². The third-order valence-corrected chi connectivity index (χ3v) is 3.89. The van der Waals surface area contributed by atoms with Crippen LogP contribution in [0.5, 0.6) is 0 Å². The van der Waals surface area contributed by atoms with Crippen LogP contribution in [0, 0.1) is 12.8 Å². The Labute approximate surface area is 112 Å². The van der Waals surface area contributed by atoms with Crippen LogP contribution in [-0.4, -0.2) is 46.6 Å². The number of aryl methyl sites for hydroxylation is 1. The largest absolute Gasteiger partial charge is 0.339 e. The van der Waals surface area contributed by atoms with Crippen molar-refractivity contribution in [3.63, 3.8) is 0 Å². The van der Waals surface area contributed by atoms with Crippen molar-refractivity contribution in [2.75, 3.05) is 19.6 Å². The van der Waals surface area contributed by atoms with Crippen molar-refractivity contribution >= 4 is 5.91 Å². The van der Waals surface area contributed by atoms with Gasteiger partial charge < -0.3 is 14.7 Å². The number of likely N-dealkylation sites (tertiary alicyclic amines) is 1. The van der Waals surface area contributed by atoms with Crippen LogP contribution in [0.25, 0.3) is 0 Å². The second-order valence-electron chi connectivity index (χ2n) is 5.56. The molecule has 6 nitrogen and oxygen atoms in total. The molecule has 1 saturated carbocycles. The molecule has 1 saturated heterocycles. The molecule has 0 spiro atoms. The van der Waals surface area contributed by atoms with E-state index < -0.39 is 0 Å². The van der Waals surface area contributed by atoms with Crippen LogP contribution >= 0.6 is 0 Å². The molecule has 0 radical (unpaired) electrons. The summed E-state index contributed by atoms with van der Waals surface area (Å²) in [4.78, 5) is 17.9. The number of carbonyl (C=O) groups is 1. The SMILES string of the molecule is Cc1nc(C(=O)N2CCC(NCC3CC3)CC2)no1. The molecule has 6 heteroatoms. The number of amides is 1. The van der Waals surface area contributed by atoms with Crippen LogP contribution in [0.15, 0.2) is 4.52 Å². The van der Waals surface area contributed by atoms with Gasteiger partial charge >= 0.3 is 0 Å². The molecule has 3 rings (SSSR count). The van der Waals surface area contributed by atoms with E-state index >= 15 is 0 Å². The molecule has 2 aliphatic rings. The zero-order valence-electron chi connectivity index (χ0n) is 11.3. The summed E-state index contributed by atoms with van der Waals surface area (Å²) in [5.41, 5.74) is 0. The highest BCUT2D eigenvalue weighted by Crippen LogP contribution is 2.28. The highest BCUT2D eigenvalue weighted by atomic mass is 16.5. The van der Waals surface area contributed by atoms with E-state index in [4.69, 9.17) is 4.52 Å². The van der Waals surface area contributed by atoms with Gasteiger partial charge in [-0.05, 0) is 38.1 Å². The molecule has 1 N–H and O–H groups in total. The minimum Gasteiger partial charge on any atom is -0.339 e. The lowest BCUT2D eigenvalue weighted by atomic mass is 10.0. The van der Waals surface area contributed by atoms with Crippen LogP contribution < -0.4 is 5.32 Å². The van der Waals surface area contributed by atoms with Gasteiger partial charge in [-0.1, -0.05) is 5.16 Å². The second kappa shape index (κ2) is 5.28. The molecule has 2 fully saturated rings. The number of nitrogens with one attached hydrogen (secondary N) is 1. The molecule has 0 bridgehead atoms. The minimum atomic E-state index is -0.113. The number of hydrogen-bond acceptors (Lipinski definition) is 5. The standard InChI is InChI=1S/C13H20N4O2/c1-9-15-12(16-19-9)13(18)17-6-4-11(5-7-17)14-8-10-2-3-10/h10-11,14H,2-8H2,1H3. The van der Waals surface area contributed by atoms with Gasteiger partial charge in [-0.3, -0.25) is 4.79 Å². The third kappa shape index (κ3) is 3.12. The Bertz CT molecular complexity index is 447. The van der Waals surface area contributed by atoms with E-state index in [0.29, 0.717) is 11.9 Å². The summed E-state index contributed by atoms with van der Waals surface area (Å²) in [6.45, 7) is 4.38. The Hall–Kier alpha value is -1.43. The van der Waals surface area contributed by atoms with Gasteiger partial charge in [-0.15, -0.1) is 0 Å². The van der Waals surface area contributed by atoms with Crippen LogP contribution in [0.4, 0.5) is 0 Å². The van der Waals surface area contributed by atoms with Gasteiger partial charge in [0.1, 0.15) is 0 Å². The van der Waals surface area contributed by atoms with Gasteiger partial charge in [-0.2, -0.15) is 4.98 Å². The fourth-order valence-corrected chi connectivity index (χ4v) is 2.47. The summed E-state index contributed by atoms with van der Waals surface area (Å²) in [7, 11) is 0. The van der Waals surface area contributed by atoms with Crippen molar-refractivity contribution in [2.24, 2.45) is 5.92 Å². The molecule has 1 amide bonds. The van der Waals surface area contributed by atoms with Crippen molar-refractivity contribution in [2.45, 2.75) is 38.6 Å². The summed E-state index contributed by atoms with van der Waals surface area (Å²) in [5, 5.41) is 7.28. The number of hydrogen-bond donors (Lipinski definition) is 1. The number of piperidine rings is 1. The van der Waals surface area contributed by atoms with E-state index in [1.807, 2.05) is 4.90 Å². The molecule has 1 aliphatic carbocycles. The molecule has 1 aliphatic heterocycles. The fraction of sp³-hybridized carbons (Fsp3) is 0.769. The zero-order chi connectivity index (χ0) is 13.2. The van der Waals surface area contributed by atoms with Gasteiger partial charge in [0.15, 0.2) is 0 Å². The van der Waals surface area contributed by atoms with Gasteiger partial charge in [-0.25, -0.2) is 0 Å². The van der Waals surface area contributed by atoms with E-state index in [-0.39, 0.29) is 11.7 Å². The van der Waals surface area contributed by atoms with Crippen molar-refractivity contribution in [3.05, 3.63) is 11.7 Å². The first kappa shape index (κ1) is 12.6. The van der Waals surface area contributed by atoms with E-state index in [1.54, 1.807) is 6.92 Å². The molecule has 0 atom stereocenters. The normalized spacial score (nSPS) is 20.8. The Morgan fingerprint density at radius 1 is 1.37 bits per heavy atom. The first-order valence-corrected chi connectivity index (χ1v) is 7.05. The first-order chi connectivity index (χ1) is 9.22. The number of rotatable bonds is 4. The second-order valence-corrected chi connectivity index (χ2v) is 5.56. The number of carbonyl (C=O) groups excluding carboxylic acids is 1. The predicted molar refractivity (Wildman–Crippen MR) is 68.7 cm³/mol. The first-order valence-electron chi connectivity index (χ1n) is 7.05. The Morgan fingerprint density at radius 3 is 2.68 bits per heavy atom. The van der Waals surface area contributed by atoms with Crippen molar-refractivity contribution in [1.82, 2.24) is 20.4 Å². The average Bonchev–Trinajstić information content (AvgIpc) is 3.17. The summed E-state index contributed by atoms with van der Waals surface area (Å²) < 4.78 is 4.85. The summed E-state index contributed by atoms with van der Waals surface area (Å²) in [6.07, 6.45) is 4.77. The van der Waals surface area contributed by atoms with Crippen LogP contribution in [0.1, 0.15) is 42.2 Å². The highest BCUT2D eigenvalue weighted by Gasteiger charge is 2.27. The lowest BCUT2D eigenvalue weighted by molar-refractivity contribution is 0.0689. The summed E-state index contributed by atoms with van der Waals surface area (Å²) in [5.74, 6) is 1.41. The van der Waals surface area contributed by atoms with Gasteiger partial charge in [0.25, 0.3) is 11.7 Å². The van der Waals surface area contributed by atoms with Crippen molar-refractivity contribution in [1.29, 1.82) is 0 Å². The summed E-state index contributed by atoms with van der Waals surface area (Å²) >= 11 is 0. The van der Waals surface area contributed by atoms with Gasteiger partial charge in [0, 0.05) is 26.1 Å². The molecule has 19 heavy (non-hydrogen) atoms. The molecular weight excluding hydrogens is 244 g/mol. The topological polar surface area (TPSA) is 71.3 Å². The van der Waals surface area contributed by atoms with Crippen LogP contribution in [0.3, 0.4) is 0 Å². The number of aromatic nitrogens is 2. The average molecular weight is 264 g/mol. The molecule has 0 aromatic carbocycles. The van der Waals surface area contributed by atoms with E-state index in [0.717, 1.165) is 38.4 Å². The molecule has 0 unspecified atom stereocenters. The maximum Gasteiger partial charge on any atom is 0.295 e. The fourth-order valence-electron chi connectivity index (χ4n) is 2.47. The molecule has 1 aromatic heterocycles.